The van der Waals surface area contributed by atoms with E-state index in [-0.39, 0.29) is 5.82 Å². The van der Waals surface area contributed by atoms with Gasteiger partial charge in [-0.1, -0.05) is 31.1 Å². The van der Waals surface area contributed by atoms with Crippen molar-refractivity contribution in [2.24, 2.45) is 5.92 Å². The third-order valence-electron chi connectivity index (χ3n) is 5.83. The van der Waals surface area contributed by atoms with Gasteiger partial charge in [-0.3, -0.25) is 4.90 Å². The van der Waals surface area contributed by atoms with Gasteiger partial charge in [0.15, 0.2) is 0 Å². The molecule has 7 nitrogen and oxygen atoms in total. The number of morpholine rings is 1. The van der Waals surface area contributed by atoms with Gasteiger partial charge >= 0.3 is 0 Å². The summed E-state index contributed by atoms with van der Waals surface area (Å²) in [4.78, 5) is 4.37. The number of aliphatic hydroxyl groups is 1. The number of ether oxygens (including phenoxy) is 2. The van der Waals surface area contributed by atoms with Crippen molar-refractivity contribution in [2.75, 3.05) is 51.0 Å². The molecule has 1 aliphatic heterocycles. The number of hydrogen-bond acceptors (Lipinski definition) is 7. The first-order valence-corrected chi connectivity index (χ1v) is 11.6. The van der Waals surface area contributed by atoms with Gasteiger partial charge in [0, 0.05) is 44.4 Å². The first-order chi connectivity index (χ1) is 15.5. The molecule has 1 aliphatic carbocycles. The Balaban J connectivity index is 1.56. The molecule has 32 heavy (non-hydrogen) atoms. The minimum Gasteiger partial charge on any atom is -0.389 e. The quantitative estimate of drug-likeness (QED) is 0.567. The van der Waals surface area contributed by atoms with E-state index < -0.39 is 6.10 Å². The summed E-state index contributed by atoms with van der Waals surface area (Å²) in [7, 11) is 0. The Morgan fingerprint density at radius 1 is 1.22 bits per heavy atom. The number of rotatable bonds is 11. The molecule has 1 N–H and O–H groups in total. The van der Waals surface area contributed by atoms with E-state index >= 15 is 0 Å². The van der Waals surface area contributed by atoms with E-state index in [1.54, 1.807) is 18.2 Å². The molecule has 0 unspecified atom stereocenters. The van der Waals surface area contributed by atoms with Gasteiger partial charge < -0.3 is 24.0 Å². The number of aliphatic hydroxyl groups excluding tert-OH is 1. The molecule has 1 saturated heterocycles. The van der Waals surface area contributed by atoms with Gasteiger partial charge in [0.2, 0.25) is 5.88 Å². The van der Waals surface area contributed by atoms with Gasteiger partial charge in [0.1, 0.15) is 11.5 Å². The summed E-state index contributed by atoms with van der Waals surface area (Å²) in [6.07, 6.45) is 1.59. The number of anilines is 1. The van der Waals surface area contributed by atoms with Crippen LogP contribution in [0.15, 0.2) is 28.8 Å². The number of halogens is 1. The van der Waals surface area contributed by atoms with Crippen LogP contribution >= 0.6 is 0 Å². The molecule has 0 bridgehead atoms. The van der Waals surface area contributed by atoms with Crippen LogP contribution in [0.3, 0.4) is 0 Å². The van der Waals surface area contributed by atoms with Crippen molar-refractivity contribution in [3.63, 3.8) is 0 Å². The van der Waals surface area contributed by atoms with E-state index in [4.69, 9.17) is 14.0 Å². The van der Waals surface area contributed by atoms with Crippen LogP contribution in [0.5, 0.6) is 0 Å². The van der Waals surface area contributed by atoms with Gasteiger partial charge in [0.05, 0.1) is 31.5 Å². The minimum absolute atomic E-state index is 0.307. The summed E-state index contributed by atoms with van der Waals surface area (Å²) in [6, 6.07) is 7.05. The van der Waals surface area contributed by atoms with Crippen LogP contribution < -0.4 is 4.90 Å². The summed E-state index contributed by atoms with van der Waals surface area (Å²) < 4.78 is 31.6. The monoisotopic (exact) mass is 447 g/mol. The van der Waals surface area contributed by atoms with Crippen LogP contribution in [0, 0.1) is 11.7 Å². The largest absolute Gasteiger partial charge is 0.389 e. The summed E-state index contributed by atoms with van der Waals surface area (Å²) in [5, 5.41) is 14.9. The first-order valence-electron chi connectivity index (χ1n) is 11.6. The Hall–Kier alpha value is -2.00. The van der Waals surface area contributed by atoms with Crippen LogP contribution in [-0.2, 0) is 16.0 Å². The molecule has 8 heteroatoms. The molecule has 1 saturated carbocycles. The van der Waals surface area contributed by atoms with E-state index in [0.717, 1.165) is 18.4 Å². The summed E-state index contributed by atoms with van der Waals surface area (Å²) >= 11 is 0. The maximum Gasteiger partial charge on any atom is 0.232 e. The van der Waals surface area contributed by atoms with Crippen LogP contribution in [-0.4, -0.2) is 73.4 Å². The molecule has 176 valence electrons. The maximum absolute atomic E-state index is 14.6. The second-order valence-corrected chi connectivity index (χ2v) is 9.14. The Kier molecular flexibility index (Phi) is 7.78. The van der Waals surface area contributed by atoms with Crippen LogP contribution in [0.25, 0.3) is 11.3 Å². The molecule has 1 aromatic heterocycles. The third-order valence-corrected chi connectivity index (χ3v) is 5.83. The van der Waals surface area contributed by atoms with E-state index in [9.17, 15) is 9.50 Å². The Bertz CT molecular complexity index is 865. The summed E-state index contributed by atoms with van der Waals surface area (Å²) in [5.74, 6) is 0.775. The van der Waals surface area contributed by atoms with E-state index in [1.807, 2.05) is 0 Å². The highest BCUT2D eigenvalue weighted by molar-refractivity contribution is 5.69. The van der Waals surface area contributed by atoms with Gasteiger partial charge in [-0.05, 0) is 30.9 Å². The molecule has 2 heterocycles. The van der Waals surface area contributed by atoms with Crippen molar-refractivity contribution in [3.8, 4) is 11.3 Å². The van der Waals surface area contributed by atoms with Gasteiger partial charge in [-0.2, -0.15) is 0 Å². The van der Waals surface area contributed by atoms with E-state index in [0.29, 0.717) is 81.7 Å². The maximum atomic E-state index is 14.6. The lowest BCUT2D eigenvalue weighted by Crippen LogP contribution is -2.38. The van der Waals surface area contributed by atoms with Crippen molar-refractivity contribution < 1.29 is 23.5 Å². The standard InChI is InChI=1S/C24H34FN3O4/c1-17(2)15-31-16-19(29)13-28(18-7-8-18)14-21-23(20-5-3-4-6-22(20)25)26-32-24(21)27-9-11-30-12-10-27/h3-6,17-19,29H,7-16H2,1-2H3/t19-/m0/s1. The molecule has 4 rings (SSSR count). The molecule has 2 fully saturated rings. The minimum atomic E-state index is -0.585. The molecule has 2 aromatic rings. The lowest BCUT2D eigenvalue weighted by molar-refractivity contribution is 0.00548. The number of benzene rings is 1. The van der Waals surface area contributed by atoms with Gasteiger partial charge in [-0.15, -0.1) is 0 Å². The predicted molar refractivity (Wildman–Crippen MR) is 120 cm³/mol. The van der Waals surface area contributed by atoms with Crippen molar-refractivity contribution >= 4 is 5.88 Å². The zero-order chi connectivity index (χ0) is 22.5. The fourth-order valence-electron chi connectivity index (χ4n) is 4.07. The van der Waals surface area contributed by atoms with Gasteiger partial charge in [-0.25, -0.2) is 4.39 Å². The second-order valence-electron chi connectivity index (χ2n) is 9.14. The SMILES string of the molecule is CC(C)COC[C@@H](O)CN(Cc1c(-c2ccccc2F)noc1N1CCOCC1)C1CC1. The molecule has 0 amide bonds. The average Bonchev–Trinajstić information content (AvgIpc) is 3.55. The normalized spacial score (nSPS) is 18.0. The lowest BCUT2D eigenvalue weighted by atomic mass is 10.1. The molecule has 1 aromatic carbocycles. The number of aromatic nitrogens is 1. The predicted octanol–water partition coefficient (Wildman–Crippen LogP) is 3.32. The average molecular weight is 448 g/mol. The van der Waals surface area contributed by atoms with Crippen LogP contribution in [0.1, 0.15) is 32.3 Å². The number of nitrogens with zero attached hydrogens (tertiary/aromatic N) is 3. The highest BCUT2D eigenvalue weighted by Crippen LogP contribution is 2.37. The molecule has 0 radical (unpaired) electrons. The van der Waals surface area contributed by atoms with E-state index in [1.165, 1.54) is 6.07 Å². The van der Waals surface area contributed by atoms with Crippen molar-refractivity contribution in [1.29, 1.82) is 0 Å². The fourth-order valence-corrected chi connectivity index (χ4v) is 4.07. The van der Waals surface area contributed by atoms with Gasteiger partial charge in [0.25, 0.3) is 0 Å². The molecule has 0 spiro atoms. The Morgan fingerprint density at radius 2 is 1.97 bits per heavy atom. The molecular weight excluding hydrogens is 413 g/mol. The van der Waals surface area contributed by atoms with Crippen molar-refractivity contribution in [2.45, 2.75) is 45.4 Å². The van der Waals surface area contributed by atoms with Crippen LogP contribution in [0.2, 0.25) is 0 Å². The Morgan fingerprint density at radius 3 is 2.66 bits per heavy atom. The summed E-state index contributed by atoms with van der Waals surface area (Å²) in [6.45, 7) is 8.78. The van der Waals surface area contributed by atoms with Crippen molar-refractivity contribution in [1.82, 2.24) is 10.1 Å². The first kappa shape index (κ1) is 23.2. The zero-order valence-electron chi connectivity index (χ0n) is 19.0. The second kappa shape index (κ2) is 10.7. The smallest absolute Gasteiger partial charge is 0.232 e. The van der Waals surface area contributed by atoms with Crippen LogP contribution in [0.4, 0.5) is 10.3 Å². The summed E-state index contributed by atoms with van der Waals surface area (Å²) in [5.41, 5.74) is 1.82. The Labute approximate surface area is 189 Å². The third kappa shape index (κ3) is 5.86. The van der Waals surface area contributed by atoms with Crippen molar-refractivity contribution in [3.05, 3.63) is 35.6 Å². The topological polar surface area (TPSA) is 71.2 Å². The highest BCUT2D eigenvalue weighted by Gasteiger charge is 2.34. The zero-order valence-corrected chi connectivity index (χ0v) is 19.0. The number of hydrogen-bond donors (Lipinski definition) is 1. The molecular formula is C24H34FN3O4. The highest BCUT2D eigenvalue weighted by atomic mass is 19.1. The van der Waals surface area contributed by atoms with E-state index in [2.05, 4.69) is 28.8 Å². The molecule has 2 aliphatic rings. The molecule has 1 atom stereocenters. The fraction of sp³-hybridized carbons (Fsp3) is 0.625. The lowest BCUT2D eigenvalue weighted by Gasteiger charge is -2.29.